The smallest absolute Gasteiger partial charge is 0.312 e. The molecule has 196 valence electrons. The first-order valence-electron chi connectivity index (χ1n) is 13.3. The second kappa shape index (κ2) is 15.7. The van der Waals surface area contributed by atoms with Crippen LogP contribution >= 0.6 is 0 Å². The van der Waals surface area contributed by atoms with Crippen molar-refractivity contribution in [2.45, 2.75) is 126 Å². The molecule has 0 aromatic rings. The van der Waals surface area contributed by atoms with E-state index in [0.717, 1.165) is 6.42 Å². The van der Waals surface area contributed by atoms with Crippen LogP contribution in [0.4, 0.5) is 8.78 Å². The van der Waals surface area contributed by atoms with Crippen molar-refractivity contribution in [1.29, 1.82) is 0 Å². The second-order valence-electron chi connectivity index (χ2n) is 9.56. The van der Waals surface area contributed by atoms with Crippen molar-refractivity contribution < 1.29 is 27.8 Å². The highest BCUT2D eigenvalue weighted by atomic mass is 19.1. The molecule has 2 fully saturated rings. The summed E-state index contributed by atoms with van der Waals surface area (Å²) in [6, 6.07) is 0. The molecule has 0 spiro atoms. The third kappa shape index (κ3) is 9.16. The Morgan fingerprint density at radius 1 is 0.727 bits per heavy atom. The van der Waals surface area contributed by atoms with Crippen LogP contribution in [0.1, 0.15) is 113 Å². The van der Waals surface area contributed by atoms with Crippen LogP contribution in [-0.2, 0) is 19.1 Å². The van der Waals surface area contributed by atoms with E-state index in [9.17, 15) is 18.4 Å². The molecule has 2 saturated heterocycles. The zero-order valence-corrected chi connectivity index (χ0v) is 22.5. The average Bonchev–Trinajstić information content (AvgIpc) is 3.33. The minimum absolute atomic E-state index is 0.107. The third-order valence-electron chi connectivity index (χ3n) is 7.19. The van der Waals surface area contributed by atoms with Gasteiger partial charge in [0.1, 0.15) is 12.3 Å². The Hall–Kier alpha value is -1.20. The van der Waals surface area contributed by atoms with Gasteiger partial charge >= 0.3 is 11.9 Å². The zero-order chi connectivity index (χ0) is 25.7. The maximum absolute atomic E-state index is 14.7. The minimum atomic E-state index is -1.06. The molecule has 0 amide bonds. The van der Waals surface area contributed by atoms with Gasteiger partial charge in [-0.15, -0.1) is 0 Å². The number of ether oxygens (including phenoxy) is 2. The minimum Gasteiger partial charge on any atom is -0.465 e. The van der Waals surface area contributed by atoms with Crippen molar-refractivity contribution in [3.63, 3.8) is 0 Å². The normalized spacial score (nSPS) is 27.8. The predicted molar refractivity (Wildman–Crippen MR) is 131 cm³/mol. The molecule has 33 heavy (non-hydrogen) atoms. The van der Waals surface area contributed by atoms with E-state index in [2.05, 4.69) is 0 Å². The molecule has 6 heteroatoms. The summed E-state index contributed by atoms with van der Waals surface area (Å²) in [5, 5.41) is 0. The number of cyclic esters (lactones) is 2. The van der Waals surface area contributed by atoms with Crippen molar-refractivity contribution in [1.82, 2.24) is 0 Å². The van der Waals surface area contributed by atoms with E-state index >= 15 is 0 Å². The molecular formula is C27H50F2O4. The topological polar surface area (TPSA) is 52.6 Å². The van der Waals surface area contributed by atoms with E-state index in [0.29, 0.717) is 51.7 Å². The lowest BCUT2D eigenvalue weighted by atomic mass is 9.76. The van der Waals surface area contributed by atoms with Crippen LogP contribution < -0.4 is 0 Å². The van der Waals surface area contributed by atoms with Crippen LogP contribution in [-0.4, -0.2) is 37.5 Å². The van der Waals surface area contributed by atoms with Crippen LogP contribution in [0.3, 0.4) is 0 Å². The lowest BCUT2D eigenvalue weighted by Crippen LogP contribution is -2.30. The Kier molecular flexibility index (Phi) is 15.1. The highest BCUT2D eigenvalue weighted by Gasteiger charge is 2.45. The molecule has 0 bridgehead atoms. The molecule has 4 nitrogen and oxygen atoms in total. The fourth-order valence-electron chi connectivity index (χ4n) is 5.26. The number of carbonyl (C=O) groups is 2. The molecule has 0 radical (unpaired) electrons. The average molecular weight is 477 g/mol. The number of esters is 2. The number of rotatable bonds is 12. The van der Waals surface area contributed by atoms with Crippen molar-refractivity contribution in [3.05, 3.63) is 0 Å². The molecule has 2 heterocycles. The summed E-state index contributed by atoms with van der Waals surface area (Å²) in [6.07, 6.45) is 2.20. The Morgan fingerprint density at radius 3 is 1.30 bits per heavy atom. The van der Waals surface area contributed by atoms with Crippen molar-refractivity contribution in [2.24, 2.45) is 22.7 Å². The van der Waals surface area contributed by atoms with Gasteiger partial charge in [-0.2, -0.15) is 0 Å². The van der Waals surface area contributed by atoms with Crippen molar-refractivity contribution in [3.8, 4) is 0 Å². The fourth-order valence-corrected chi connectivity index (χ4v) is 5.26. The predicted octanol–water partition coefficient (Wildman–Crippen LogP) is 7.62. The van der Waals surface area contributed by atoms with Gasteiger partial charge in [-0.05, 0) is 69.6 Å². The van der Waals surface area contributed by atoms with Crippen LogP contribution in [0.15, 0.2) is 0 Å². The Balaban J connectivity index is 0.00000242. The van der Waals surface area contributed by atoms with Gasteiger partial charge in [-0.25, -0.2) is 8.78 Å². The number of hydrogen-bond acceptors (Lipinski definition) is 4. The van der Waals surface area contributed by atoms with Crippen molar-refractivity contribution in [2.75, 3.05) is 13.2 Å². The Morgan fingerprint density at radius 2 is 1.06 bits per heavy atom. The molecule has 6 atom stereocenters. The van der Waals surface area contributed by atoms with Crippen LogP contribution in [0.5, 0.6) is 0 Å². The van der Waals surface area contributed by atoms with Gasteiger partial charge in [0.05, 0.1) is 24.0 Å². The van der Waals surface area contributed by atoms with Gasteiger partial charge in [0.25, 0.3) is 0 Å². The van der Waals surface area contributed by atoms with Gasteiger partial charge in [-0.3, -0.25) is 9.59 Å². The molecule has 0 N–H and O–H groups in total. The second-order valence-corrected chi connectivity index (χ2v) is 9.56. The summed E-state index contributed by atoms with van der Waals surface area (Å²) in [6.45, 7) is 16.6. The number of hydrogen-bond donors (Lipinski definition) is 0. The lowest BCUT2D eigenvalue weighted by molar-refractivity contribution is -0.148. The van der Waals surface area contributed by atoms with Gasteiger partial charge in [0, 0.05) is 0 Å². The molecule has 2 aliphatic heterocycles. The summed E-state index contributed by atoms with van der Waals surface area (Å²) in [5.74, 6) is -0.316. The number of carbonyl (C=O) groups excluding carboxylic acids is 2. The summed E-state index contributed by atoms with van der Waals surface area (Å²) in [7, 11) is 0. The largest absolute Gasteiger partial charge is 0.465 e. The SMILES string of the molecule is CC.CC.CCC1(CC(F)CC(C)CC(C)CC(F)CC2(CC)CCOC2=O)CCOC1=O. The Bertz CT molecular complexity index is 522. The van der Waals surface area contributed by atoms with Gasteiger partial charge in [0.15, 0.2) is 0 Å². The first kappa shape index (κ1) is 31.8. The maximum atomic E-state index is 14.7. The maximum Gasteiger partial charge on any atom is 0.312 e. The summed E-state index contributed by atoms with van der Waals surface area (Å²) >= 11 is 0. The summed E-state index contributed by atoms with van der Waals surface area (Å²) in [5.41, 5.74) is -1.34. The van der Waals surface area contributed by atoms with Crippen LogP contribution in [0.2, 0.25) is 0 Å². The fraction of sp³-hybridized carbons (Fsp3) is 0.926. The highest BCUT2D eigenvalue weighted by molar-refractivity contribution is 5.79. The van der Waals surface area contributed by atoms with Crippen molar-refractivity contribution >= 4 is 11.9 Å². The van der Waals surface area contributed by atoms with E-state index in [4.69, 9.17) is 9.47 Å². The van der Waals surface area contributed by atoms with Gasteiger partial charge in [0.2, 0.25) is 0 Å². The summed E-state index contributed by atoms with van der Waals surface area (Å²) < 4.78 is 39.5. The molecule has 2 aliphatic rings. The van der Waals surface area contributed by atoms with Crippen LogP contribution in [0, 0.1) is 22.7 Å². The van der Waals surface area contributed by atoms with Gasteiger partial charge in [-0.1, -0.05) is 55.4 Å². The van der Waals surface area contributed by atoms with E-state index in [1.165, 1.54) is 0 Å². The highest BCUT2D eigenvalue weighted by Crippen LogP contribution is 2.41. The van der Waals surface area contributed by atoms with E-state index in [1.807, 2.05) is 55.4 Å². The first-order valence-corrected chi connectivity index (χ1v) is 13.3. The zero-order valence-electron chi connectivity index (χ0n) is 22.5. The monoisotopic (exact) mass is 476 g/mol. The molecule has 0 aromatic heterocycles. The van der Waals surface area contributed by atoms with E-state index < -0.39 is 23.2 Å². The third-order valence-corrected chi connectivity index (χ3v) is 7.19. The molecule has 2 rings (SSSR count). The standard InChI is InChI=1S/C23H38F2O4.2C2H6/c1-5-22(7-9-28-20(22)26)14-18(24)12-16(3)11-17(4)13-19(25)15-23(6-2)8-10-29-21(23)27;2*1-2/h16-19H,5-15H2,1-4H3;2*1-2H3. The summed E-state index contributed by atoms with van der Waals surface area (Å²) in [4.78, 5) is 24.0. The van der Waals surface area contributed by atoms with Gasteiger partial charge < -0.3 is 9.47 Å². The quantitative estimate of drug-likeness (QED) is 0.272. The number of alkyl halides is 2. The first-order chi connectivity index (χ1) is 15.7. The molecule has 0 aromatic carbocycles. The Labute approximate surface area is 201 Å². The molecule has 6 unspecified atom stereocenters. The number of halogens is 2. The van der Waals surface area contributed by atoms with E-state index in [-0.39, 0.29) is 36.6 Å². The molecule has 0 saturated carbocycles. The van der Waals surface area contributed by atoms with E-state index in [1.54, 1.807) is 0 Å². The molecule has 0 aliphatic carbocycles. The molecular weight excluding hydrogens is 426 g/mol. The van der Waals surface area contributed by atoms with Crippen LogP contribution in [0.25, 0.3) is 0 Å². The lowest BCUT2D eigenvalue weighted by Gasteiger charge is -2.28.